The molecule has 8 heteroatoms. The number of rotatable bonds is 4. The second kappa shape index (κ2) is 7.45. The number of anilines is 1. The van der Waals surface area contributed by atoms with Crippen molar-refractivity contribution in [2.75, 3.05) is 11.9 Å². The number of halogens is 2. The Labute approximate surface area is 160 Å². The van der Waals surface area contributed by atoms with E-state index in [-0.39, 0.29) is 10.8 Å². The van der Waals surface area contributed by atoms with Gasteiger partial charge in [0.25, 0.3) is 0 Å². The average molecular weight is 444 g/mol. The van der Waals surface area contributed by atoms with Gasteiger partial charge in [-0.1, -0.05) is 27.5 Å². The molecule has 25 heavy (non-hydrogen) atoms. The van der Waals surface area contributed by atoms with Crippen molar-refractivity contribution in [2.45, 2.75) is 23.8 Å². The molecule has 5 nitrogen and oxygen atoms in total. The van der Waals surface area contributed by atoms with E-state index in [1.54, 1.807) is 36.4 Å². The fourth-order valence-corrected chi connectivity index (χ4v) is 4.84. The molecule has 0 unspecified atom stereocenters. The van der Waals surface area contributed by atoms with E-state index in [4.69, 9.17) is 11.6 Å². The number of carbonyl (C=O) groups excluding carboxylic acids is 1. The third-order valence-corrected chi connectivity index (χ3v) is 6.74. The molecule has 1 saturated heterocycles. The van der Waals surface area contributed by atoms with Crippen LogP contribution in [-0.4, -0.2) is 31.2 Å². The molecule has 0 spiro atoms. The second-order valence-corrected chi connectivity index (χ2v) is 8.97. The SMILES string of the molecule is O=C(Nc1ccc(Cl)cc1)[C@@H]1CCCN1S(=O)(=O)c1ccc(Br)cc1. The number of hydrogen-bond donors (Lipinski definition) is 1. The highest BCUT2D eigenvalue weighted by molar-refractivity contribution is 9.10. The highest BCUT2D eigenvalue weighted by Crippen LogP contribution is 2.28. The fraction of sp³-hybridized carbons (Fsp3) is 0.235. The monoisotopic (exact) mass is 442 g/mol. The molecule has 0 bridgehead atoms. The number of hydrogen-bond acceptors (Lipinski definition) is 3. The molecule has 0 saturated carbocycles. The van der Waals surface area contributed by atoms with Gasteiger partial charge >= 0.3 is 0 Å². The maximum Gasteiger partial charge on any atom is 0.243 e. The first-order chi connectivity index (χ1) is 11.9. The van der Waals surface area contributed by atoms with Crippen molar-refractivity contribution in [1.82, 2.24) is 4.31 Å². The lowest BCUT2D eigenvalue weighted by Crippen LogP contribution is -2.43. The van der Waals surface area contributed by atoms with Crippen molar-refractivity contribution < 1.29 is 13.2 Å². The molecule has 1 N–H and O–H groups in total. The zero-order valence-electron chi connectivity index (χ0n) is 13.2. The largest absolute Gasteiger partial charge is 0.325 e. The first-order valence-corrected chi connectivity index (χ1v) is 10.3. The van der Waals surface area contributed by atoms with Gasteiger partial charge in [0, 0.05) is 21.7 Å². The molecule has 132 valence electrons. The quantitative estimate of drug-likeness (QED) is 0.779. The van der Waals surface area contributed by atoms with E-state index in [9.17, 15) is 13.2 Å². The maximum atomic E-state index is 12.9. The van der Waals surface area contributed by atoms with Crippen LogP contribution in [0.25, 0.3) is 0 Å². The lowest BCUT2D eigenvalue weighted by Gasteiger charge is -2.23. The summed E-state index contributed by atoms with van der Waals surface area (Å²) in [5, 5.41) is 3.33. The fourth-order valence-electron chi connectivity index (χ4n) is 2.79. The third-order valence-electron chi connectivity index (χ3n) is 4.04. The molecule has 0 aliphatic carbocycles. The molecule has 1 aliphatic rings. The summed E-state index contributed by atoms with van der Waals surface area (Å²) in [6.45, 7) is 0.330. The van der Waals surface area contributed by atoms with Crippen molar-refractivity contribution in [3.05, 3.63) is 58.0 Å². The molecule has 1 atom stereocenters. The zero-order chi connectivity index (χ0) is 18.0. The molecule has 0 aromatic heterocycles. The Bertz CT molecular complexity index is 870. The number of benzene rings is 2. The van der Waals surface area contributed by atoms with E-state index in [0.717, 1.165) is 4.47 Å². The highest BCUT2D eigenvalue weighted by atomic mass is 79.9. The average Bonchev–Trinajstić information content (AvgIpc) is 3.08. The van der Waals surface area contributed by atoms with Crippen LogP contribution in [0, 0.1) is 0 Å². The first kappa shape index (κ1) is 18.4. The van der Waals surface area contributed by atoms with Crippen LogP contribution in [0.3, 0.4) is 0 Å². The van der Waals surface area contributed by atoms with Gasteiger partial charge in [-0.2, -0.15) is 4.31 Å². The normalized spacial score (nSPS) is 18.2. The van der Waals surface area contributed by atoms with Gasteiger partial charge in [-0.05, 0) is 61.4 Å². The summed E-state index contributed by atoms with van der Waals surface area (Å²) in [5.74, 6) is -0.333. The highest BCUT2D eigenvalue weighted by Gasteiger charge is 2.39. The summed E-state index contributed by atoms with van der Waals surface area (Å²) in [6.07, 6.45) is 1.14. The Morgan fingerprint density at radius 3 is 2.40 bits per heavy atom. The summed E-state index contributed by atoms with van der Waals surface area (Å²) in [4.78, 5) is 12.8. The van der Waals surface area contributed by atoms with Crippen LogP contribution in [0.4, 0.5) is 5.69 Å². The van der Waals surface area contributed by atoms with Crippen LogP contribution in [0.2, 0.25) is 5.02 Å². The lowest BCUT2D eigenvalue weighted by atomic mass is 10.2. The van der Waals surface area contributed by atoms with Crippen LogP contribution in [0.15, 0.2) is 57.9 Å². The van der Waals surface area contributed by atoms with Gasteiger partial charge in [-0.15, -0.1) is 0 Å². The van der Waals surface area contributed by atoms with Gasteiger partial charge in [0.2, 0.25) is 15.9 Å². The lowest BCUT2D eigenvalue weighted by molar-refractivity contribution is -0.119. The van der Waals surface area contributed by atoms with Gasteiger partial charge in [0.15, 0.2) is 0 Å². The van der Waals surface area contributed by atoms with Crippen LogP contribution >= 0.6 is 27.5 Å². The van der Waals surface area contributed by atoms with E-state index in [2.05, 4.69) is 21.2 Å². The van der Waals surface area contributed by atoms with Crippen molar-refractivity contribution in [1.29, 1.82) is 0 Å². The molecule has 2 aromatic carbocycles. The number of carbonyl (C=O) groups is 1. The van der Waals surface area contributed by atoms with Gasteiger partial charge < -0.3 is 5.32 Å². The number of nitrogens with one attached hydrogen (secondary N) is 1. The van der Waals surface area contributed by atoms with Crippen molar-refractivity contribution >= 4 is 49.1 Å². The van der Waals surface area contributed by atoms with Gasteiger partial charge in [0.1, 0.15) is 6.04 Å². The number of nitrogens with zero attached hydrogens (tertiary/aromatic N) is 1. The van der Waals surface area contributed by atoms with Gasteiger partial charge in [0.05, 0.1) is 4.90 Å². The number of sulfonamides is 1. The molecule has 3 rings (SSSR count). The zero-order valence-corrected chi connectivity index (χ0v) is 16.3. The molecule has 0 radical (unpaired) electrons. The standard InChI is InChI=1S/C17H16BrClN2O3S/c18-12-3-9-15(10-4-12)25(23,24)21-11-1-2-16(21)17(22)20-14-7-5-13(19)6-8-14/h3-10,16H,1-2,11H2,(H,20,22)/t16-/m0/s1. The minimum atomic E-state index is -3.72. The molecule has 2 aromatic rings. The Morgan fingerprint density at radius 2 is 1.76 bits per heavy atom. The smallest absolute Gasteiger partial charge is 0.243 e. The Kier molecular flexibility index (Phi) is 5.48. The third kappa shape index (κ3) is 4.06. The van der Waals surface area contributed by atoms with E-state index < -0.39 is 16.1 Å². The summed E-state index contributed by atoms with van der Waals surface area (Å²) < 4.78 is 27.8. The summed E-state index contributed by atoms with van der Waals surface area (Å²) in [5.41, 5.74) is 0.585. The van der Waals surface area contributed by atoms with E-state index in [1.165, 1.54) is 16.4 Å². The van der Waals surface area contributed by atoms with Gasteiger partial charge in [-0.3, -0.25) is 4.79 Å². The summed E-state index contributed by atoms with van der Waals surface area (Å²) >= 11 is 9.12. The van der Waals surface area contributed by atoms with Gasteiger partial charge in [-0.25, -0.2) is 8.42 Å². The number of amides is 1. The predicted octanol–water partition coefficient (Wildman–Crippen LogP) is 3.89. The molecule has 1 amide bonds. The Morgan fingerprint density at radius 1 is 1.12 bits per heavy atom. The van der Waals surface area contributed by atoms with Crippen molar-refractivity contribution in [3.63, 3.8) is 0 Å². The molecule has 1 aliphatic heterocycles. The molecular formula is C17H16BrClN2O3S. The molecule has 1 heterocycles. The van der Waals surface area contributed by atoms with E-state index >= 15 is 0 Å². The summed E-state index contributed by atoms with van der Waals surface area (Å²) in [7, 11) is -3.72. The maximum absolute atomic E-state index is 12.9. The Balaban J connectivity index is 1.80. The topological polar surface area (TPSA) is 66.5 Å². The van der Waals surface area contributed by atoms with Crippen LogP contribution < -0.4 is 5.32 Å². The van der Waals surface area contributed by atoms with Crippen molar-refractivity contribution in [3.8, 4) is 0 Å². The predicted molar refractivity (Wildman–Crippen MR) is 101 cm³/mol. The molecular weight excluding hydrogens is 428 g/mol. The first-order valence-electron chi connectivity index (χ1n) is 7.72. The minimum Gasteiger partial charge on any atom is -0.325 e. The minimum absolute atomic E-state index is 0.182. The van der Waals surface area contributed by atoms with Crippen molar-refractivity contribution in [2.24, 2.45) is 0 Å². The van der Waals surface area contributed by atoms with Crippen LogP contribution in [0.1, 0.15) is 12.8 Å². The molecule has 1 fully saturated rings. The van der Waals surface area contributed by atoms with Crippen LogP contribution in [0.5, 0.6) is 0 Å². The second-order valence-electron chi connectivity index (χ2n) is 5.72. The Hall–Kier alpha value is -1.41. The van der Waals surface area contributed by atoms with Crippen LogP contribution in [-0.2, 0) is 14.8 Å². The summed E-state index contributed by atoms with van der Waals surface area (Å²) in [6, 6.07) is 12.4. The van der Waals surface area contributed by atoms with E-state index in [1.807, 2.05) is 0 Å². The van der Waals surface area contributed by atoms with E-state index in [0.29, 0.717) is 30.1 Å².